The largest absolute Gasteiger partial charge is 0.439 e. The number of nitrogens with one attached hydrogen (secondary N) is 2. The quantitative estimate of drug-likeness (QED) is 0.202. The molecule has 2 amide bonds. The minimum Gasteiger partial charge on any atom is -0.439 e. The van der Waals surface area contributed by atoms with Gasteiger partial charge in [0.1, 0.15) is 6.10 Å². The predicted molar refractivity (Wildman–Crippen MR) is 158 cm³/mol. The monoisotopic (exact) mass is 607 g/mol. The lowest BCUT2D eigenvalue weighted by Gasteiger charge is -2.30. The van der Waals surface area contributed by atoms with Gasteiger partial charge in [0.2, 0.25) is 11.6 Å². The van der Waals surface area contributed by atoms with E-state index in [9.17, 15) is 24.3 Å². The zero-order chi connectivity index (χ0) is 31.6. The Balaban J connectivity index is 2.61. The van der Waals surface area contributed by atoms with Crippen LogP contribution in [-0.2, 0) is 28.6 Å². The number of allylic oxidation sites excluding steroid dienone is 4. The number of ketones is 2. The minimum atomic E-state index is -1.00. The number of alkyl halides is 1. The summed E-state index contributed by atoms with van der Waals surface area (Å²) in [4.78, 5) is 51.3. The number of hydrogen-bond acceptors (Lipinski definition) is 9. The number of carbonyl (C=O) groups excluding carboxylic acids is 4. The van der Waals surface area contributed by atoms with Crippen LogP contribution in [0.15, 0.2) is 58.5 Å². The van der Waals surface area contributed by atoms with Gasteiger partial charge in [0, 0.05) is 49.8 Å². The van der Waals surface area contributed by atoms with Gasteiger partial charge in [-0.15, -0.1) is 11.6 Å². The summed E-state index contributed by atoms with van der Waals surface area (Å²) in [7, 11) is 2.91. The zero-order valence-electron chi connectivity index (χ0n) is 24.9. The summed E-state index contributed by atoms with van der Waals surface area (Å²) in [5.74, 6) is -1.96. The van der Waals surface area contributed by atoms with Crippen LogP contribution < -0.4 is 16.4 Å². The maximum absolute atomic E-state index is 13.5. The van der Waals surface area contributed by atoms with E-state index in [0.29, 0.717) is 12.0 Å². The van der Waals surface area contributed by atoms with Crippen molar-refractivity contribution in [2.75, 3.05) is 26.6 Å². The predicted octanol–water partition coefficient (Wildman–Crippen LogP) is 2.59. The van der Waals surface area contributed by atoms with E-state index >= 15 is 0 Å². The molecular weight excluding hydrogens is 566 g/mol. The third-order valence-electron chi connectivity index (χ3n) is 7.19. The Labute approximate surface area is 251 Å². The SMILES string of the molecule is CO[C@H]1C[C@@H](C)CC2=C(NCCCl)C(=O)C=C(NC(=O)/C(C)=C\C=C/[C@@H](OC)[C@@H](OC(N)=O)/C(C)=C/[C@@H](C)[C@H]1O)C2=O. The second-order valence-electron chi connectivity index (χ2n) is 10.5. The Morgan fingerprint density at radius 1 is 1.19 bits per heavy atom. The van der Waals surface area contributed by atoms with Crippen LogP contribution in [0.25, 0.3) is 0 Å². The summed E-state index contributed by atoms with van der Waals surface area (Å²) in [6.07, 6.45) is 3.71. The van der Waals surface area contributed by atoms with Crippen LogP contribution in [-0.4, -0.2) is 79.7 Å². The van der Waals surface area contributed by atoms with Gasteiger partial charge in [-0.05, 0) is 38.2 Å². The Morgan fingerprint density at radius 2 is 1.88 bits per heavy atom. The molecule has 1 aliphatic heterocycles. The van der Waals surface area contributed by atoms with Crippen molar-refractivity contribution < 1.29 is 38.5 Å². The highest BCUT2D eigenvalue weighted by atomic mass is 35.5. The van der Waals surface area contributed by atoms with Crippen molar-refractivity contribution in [3.8, 4) is 0 Å². The van der Waals surface area contributed by atoms with Gasteiger partial charge in [-0.25, -0.2) is 4.79 Å². The van der Waals surface area contributed by atoms with Crippen LogP contribution in [0, 0.1) is 11.8 Å². The lowest BCUT2D eigenvalue weighted by atomic mass is 9.85. The number of amides is 2. The van der Waals surface area contributed by atoms with E-state index in [4.69, 9.17) is 31.5 Å². The molecule has 1 heterocycles. The van der Waals surface area contributed by atoms with Crippen molar-refractivity contribution in [3.63, 3.8) is 0 Å². The normalized spacial score (nSPS) is 31.7. The Kier molecular flexibility index (Phi) is 13.6. The molecule has 0 fully saturated rings. The van der Waals surface area contributed by atoms with Gasteiger partial charge >= 0.3 is 6.09 Å². The van der Waals surface area contributed by atoms with E-state index in [2.05, 4.69) is 10.6 Å². The Hall–Kier alpha value is -3.25. The molecule has 6 atom stereocenters. The molecule has 0 radical (unpaired) electrons. The first-order chi connectivity index (χ1) is 19.8. The van der Waals surface area contributed by atoms with E-state index in [0.717, 1.165) is 6.08 Å². The molecule has 0 saturated heterocycles. The number of halogens is 1. The van der Waals surface area contributed by atoms with Gasteiger partial charge in [-0.3, -0.25) is 14.4 Å². The number of primary amides is 1. The molecule has 5 N–H and O–H groups in total. The molecule has 2 rings (SSSR count). The highest BCUT2D eigenvalue weighted by Gasteiger charge is 2.33. The van der Waals surface area contributed by atoms with Gasteiger partial charge in [-0.2, -0.15) is 0 Å². The number of aliphatic hydroxyl groups is 1. The summed E-state index contributed by atoms with van der Waals surface area (Å²) in [5.41, 5.74) is 6.38. The molecule has 0 spiro atoms. The van der Waals surface area contributed by atoms with Crippen molar-refractivity contribution in [2.24, 2.45) is 17.6 Å². The van der Waals surface area contributed by atoms with E-state index in [1.165, 1.54) is 20.3 Å². The first-order valence-corrected chi connectivity index (χ1v) is 14.3. The van der Waals surface area contributed by atoms with Crippen LogP contribution in [0.5, 0.6) is 0 Å². The van der Waals surface area contributed by atoms with Crippen molar-refractivity contribution in [2.45, 2.75) is 65.0 Å². The standard InChI is InChI=1S/C30H42ClN3O8/c1-16-12-20-25(33-11-10-31)22(35)15-21(27(20)37)34-29(38)17(2)8-7-9-23(40-5)28(42-30(32)39)19(4)14-18(3)26(36)24(13-16)41-6/h7-9,14-16,18,23-24,26,28,33,36H,10-13H2,1-6H3,(H2,32,39)(H,34,38)/b9-7-,17-8-,19-14+/t16-,18+,23+,24-,26+,28-/m0/s1. The lowest BCUT2D eigenvalue weighted by molar-refractivity contribution is -0.120. The number of hydrogen-bond donors (Lipinski definition) is 4. The number of Topliss-reactive ketones (excluding diaryl/α,β-unsaturated/α-hetero) is 1. The molecule has 0 aromatic heterocycles. The molecule has 0 aromatic rings. The number of fused-ring (bicyclic) bond motifs is 2. The number of rotatable bonds is 6. The molecule has 2 bridgehead atoms. The van der Waals surface area contributed by atoms with E-state index in [-0.39, 0.29) is 47.3 Å². The Bertz CT molecular complexity index is 1190. The fraction of sp³-hybridized carbons (Fsp3) is 0.533. The molecule has 232 valence electrons. The number of carbonyl (C=O) groups is 4. The number of nitrogens with two attached hydrogens (primary N) is 1. The first kappa shape index (κ1) is 34.9. The third-order valence-corrected chi connectivity index (χ3v) is 7.38. The Morgan fingerprint density at radius 3 is 2.48 bits per heavy atom. The van der Waals surface area contributed by atoms with Crippen LogP contribution in [0.3, 0.4) is 0 Å². The van der Waals surface area contributed by atoms with Gasteiger partial charge in [-0.1, -0.05) is 38.2 Å². The molecule has 12 heteroatoms. The number of aliphatic hydroxyl groups excluding tert-OH is 1. The van der Waals surface area contributed by atoms with E-state index in [1.807, 2.05) is 6.92 Å². The average molecular weight is 608 g/mol. The van der Waals surface area contributed by atoms with Crippen LogP contribution in [0.2, 0.25) is 0 Å². The van der Waals surface area contributed by atoms with Gasteiger partial charge in [0.05, 0.1) is 23.6 Å². The molecular formula is C30H42ClN3O8. The molecule has 11 nitrogen and oxygen atoms in total. The lowest BCUT2D eigenvalue weighted by Crippen LogP contribution is -2.38. The smallest absolute Gasteiger partial charge is 0.405 e. The third kappa shape index (κ3) is 9.38. The van der Waals surface area contributed by atoms with E-state index < -0.39 is 53.9 Å². The summed E-state index contributed by atoms with van der Waals surface area (Å²) < 4.78 is 16.5. The summed E-state index contributed by atoms with van der Waals surface area (Å²) in [6, 6.07) is 0. The molecule has 2 aliphatic rings. The van der Waals surface area contributed by atoms with Gasteiger partial charge in [0.15, 0.2) is 6.10 Å². The second kappa shape index (κ2) is 16.4. The minimum absolute atomic E-state index is 0.138. The fourth-order valence-electron chi connectivity index (χ4n) is 4.95. The van der Waals surface area contributed by atoms with Crippen molar-refractivity contribution >= 4 is 35.2 Å². The summed E-state index contributed by atoms with van der Waals surface area (Å²) >= 11 is 5.82. The zero-order valence-corrected chi connectivity index (χ0v) is 25.7. The molecule has 0 unspecified atom stereocenters. The van der Waals surface area contributed by atoms with Gasteiger partial charge < -0.3 is 35.7 Å². The summed E-state index contributed by atoms with van der Waals surface area (Å²) in [5, 5.41) is 16.7. The highest BCUT2D eigenvalue weighted by molar-refractivity contribution is 6.23. The average Bonchev–Trinajstić information content (AvgIpc) is 2.94. The van der Waals surface area contributed by atoms with Crippen molar-refractivity contribution in [3.05, 3.63) is 58.5 Å². The van der Waals surface area contributed by atoms with Crippen LogP contribution in [0.1, 0.15) is 40.5 Å². The van der Waals surface area contributed by atoms with Crippen LogP contribution >= 0.6 is 11.6 Å². The van der Waals surface area contributed by atoms with Crippen LogP contribution in [0.4, 0.5) is 4.79 Å². The summed E-state index contributed by atoms with van der Waals surface area (Å²) in [6.45, 7) is 7.22. The first-order valence-electron chi connectivity index (χ1n) is 13.7. The fourth-order valence-corrected chi connectivity index (χ4v) is 5.05. The van der Waals surface area contributed by atoms with Gasteiger partial charge in [0.25, 0.3) is 5.91 Å². The topological polar surface area (TPSA) is 166 Å². The number of ether oxygens (including phenoxy) is 3. The second-order valence-corrected chi connectivity index (χ2v) is 10.9. The van der Waals surface area contributed by atoms with E-state index in [1.54, 1.807) is 39.0 Å². The number of methoxy groups -OCH3 is 2. The molecule has 0 saturated carbocycles. The highest BCUT2D eigenvalue weighted by Crippen LogP contribution is 2.28. The molecule has 1 aliphatic carbocycles. The van der Waals surface area contributed by atoms with Crippen molar-refractivity contribution in [1.82, 2.24) is 10.6 Å². The maximum Gasteiger partial charge on any atom is 0.405 e. The molecule has 42 heavy (non-hydrogen) atoms. The maximum atomic E-state index is 13.5. The van der Waals surface area contributed by atoms with Crippen molar-refractivity contribution in [1.29, 1.82) is 0 Å². The molecule has 0 aromatic carbocycles.